The molecule has 5 nitrogen and oxygen atoms in total. The first kappa shape index (κ1) is 18.7. The summed E-state index contributed by atoms with van der Waals surface area (Å²) in [6.07, 6.45) is 14.3. The van der Waals surface area contributed by atoms with Crippen LogP contribution in [0.4, 0.5) is 4.79 Å². The molecule has 0 aromatic heterocycles. The second-order valence-corrected chi connectivity index (χ2v) is 5.32. The summed E-state index contributed by atoms with van der Waals surface area (Å²) in [5.74, 6) is -0.181. The van der Waals surface area contributed by atoms with Gasteiger partial charge in [-0.2, -0.15) is 0 Å². The predicted octanol–water partition coefficient (Wildman–Crippen LogP) is 3.39. The molecular formula is C15H31N3O2. The Morgan fingerprint density at radius 2 is 1.20 bits per heavy atom. The molecule has 0 aromatic rings. The van der Waals surface area contributed by atoms with Crippen molar-refractivity contribution in [2.24, 2.45) is 5.73 Å². The van der Waals surface area contributed by atoms with E-state index in [4.69, 9.17) is 5.73 Å². The smallest absolute Gasteiger partial charge is 0.330 e. The van der Waals surface area contributed by atoms with Gasteiger partial charge in [-0.25, -0.2) is 10.2 Å². The van der Waals surface area contributed by atoms with E-state index in [1.54, 1.807) is 0 Å². The van der Waals surface area contributed by atoms with Crippen LogP contribution < -0.4 is 16.6 Å². The van der Waals surface area contributed by atoms with E-state index >= 15 is 0 Å². The molecule has 0 aromatic carbocycles. The summed E-state index contributed by atoms with van der Waals surface area (Å²) >= 11 is 0. The van der Waals surface area contributed by atoms with E-state index in [1.165, 1.54) is 57.8 Å². The van der Waals surface area contributed by atoms with Gasteiger partial charge in [0.2, 0.25) is 5.91 Å². The number of hydrazine groups is 1. The van der Waals surface area contributed by atoms with Crippen LogP contribution in [-0.2, 0) is 4.79 Å². The third-order valence-corrected chi connectivity index (χ3v) is 3.33. The van der Waals surface area contributed by atoms with E-state index in [1.807, 2.05) is 0 Å². The molecule has 0 atom stereocenters. The molecule has 118 valence electrons. The van der Waals surface area contributed by atoms with Crippen LogP contribution in [0.2, 0.25) is 0 Å². The highest BCUT2D eigenvalue weighted by atomic mass is 16.2. The molecule has 0 rings (SSSR count). The van der Waals surface area contributed by atoms with Crippen molar-refractivity contribution in [1.29, 1.82) is 0 Å². The van der Waals surface area contributed by atoms with Crippen LogP contribution in [0.15, 0.2) is 0 Å². The van der Waals surface area contributed by atoms with Crippen molar-refractivity contribution >= 4 is 11.9 Å². The van der Waals surface area contributed by atoms with Gasteiger partial charge in [0.25, 0.3) is 0 Å². The second kappa shape index (κ2) is 14.2. The van der Waals surface area contributed by atoms with E-state index in [-0.39, 0.29) is 5.91 Å². The molecule has 0 aliphatic heterocycles. The molecule has 0 saturated heterocycles. The van der Waals surface area contributed by atoms with E-state index in [9.17, 15) is 9.59 Å². The van der Waals surface area contributed by atoms with Gasteiger partial charge in [0, 0.05) is 6.42 Å². The van der Waals surface area contributed by atoms with Crippen molar-refractivity contribution in [3.8, 4) is 0 Å². The first-order chi connectivity index (χ1) is 9.66. The topological polar surface area (TPSA) is 84.2 Å². The van der Waals surface area contributed by atoms with Crippen LogP contribution in [0.1, 0.15) is 84.0 Å². The van der Waals surface area contributed by atoms with Gasteiger partial charge in [-0.3, -0.25) is 10.2 Å². The van der Waals surface area contributed by atoms with Crippen molar-refractivity contribution < 1.29 is 9.59 Å². The lowest BCUT2D eigenvalue weighted by Crippen LogP contribution is -2.44. The molecule has 0 radical (unpaired) electrons. The standard InChI is InChI=1S/C15H31N3O2/c1-2-3-4-5-6-7-8-9-10-11-12-13-14(19)17-18-15(16)20/h2-13H2,1H3,(H,17,19)(H3,16,18,20). The van der Waals surface area contributed by atoms with Gasteiger partial charge < -0.3 is 5.73 Å². The molecule has 0 saturated carbocycles. The summed E-state index contributed by atoms with van der Waals surface area (Å²) in [4.78, 5) is 21.6. The minimum atomic E-state index is -0.739. The molecule has 0 bridgehead atoms. The highest BCUT2D eigenvalue weighted by Gasteiger charge is 2.01. The number of amides is 3. The molecule has 0 spiro atoms. The molecule has 0 aliphatic carbocycles. The number of unbranched alkanes of at least 4 members (excludes halogenated alkanes) is 10. The summed E-state index contributed by atoms with van der Waals surface area (Å²) in [6, 6.07) is -0.739. The lowest BCUT2D eigenvalue weighted by Gasteiger charge is -2.04. The van der Waals surface area contributed by atoms with Gasteiger partial charge in [0.15, 0.2) is 0 Å². The average molecular weight is 285 g/mol. The Hall–Kier alpha value is -1.26. The summed E-state index contributed by atoms with van der Waals surface area (Å²) in [5.41, 5.74) is 9.17. The molecule has 0 heterocycles. The van der Waals surface area contributed by atoms with Crippen LogP contribution in [0.5, 0.6) is 0 Å². The maximum atomic E-state index is 11.2. The van der Waals surface area contributed by atoms with Gasteiger partial charge >= 0.3 is 6.03 Å². The van der Waals surface area contributed by atoms with Gasteiger partial charge in [-0.05, 0) is 6.42 Å². The number of urea groups is 1. The zero-order chi connectivity index (χ0) is 15.1. The maximum Gasteiger partial charge on any atom is 0.330 e. The summed E-state index contributed by atoms with van der Waals surface area (Å²) in [7, 11) is 0. The zero-order valence-corrected chi connectivity index (χ0v) is 12.9. The Morgan fingerprint density at radius 3 is 1.65 bits per heavy atom. The lowest BCUT2D eigenvalue weighted by molar-refractivity contribution is -0.121. The van der Waals surface area contributed by atoms with Crippen LogP contribution >= 0.6 is 0 Å². The number of nitrogens with two attached hydrogens (primary N) is 1. The minimum absolute atomic E-state index is 0.181. The average Bonchev–Trinajstić information content (AvgIpc) is 2.42. The quantitative estimate of drug-likeness (QED) is 0.379. The molecule has 5 heteroatoms. The Bertz CT molecular complexity index is 258. The Balaban J connectivity index is 3.12. The van der Waals surface area contributed by atoms with Gasteiger partial charge in [-0.1, -0.05) is 71.1 Å². The first-order valence-electron chi connectivity index (χ1n) is 8.01. The van der Waals surface area contributed by atoms with Gasteiger partial charge in [0.1, 0.15) is 0 Å². The monoisotopic (exact) mass is 285 g/mol. The van der Waals surface area contributed by atoms with E-state index in [0.29, 0.717) is 6.42 Å². The maximum absolute atomic E-state index is 11.2. The lowest BCUT2D eigenvalue weighted by atomic mass is 10.1. The number of rotatable bonds is 12. The summed E-state index contributed by atoms with van der Waals surface area (Å²) in [5, 5.41) is 0. The van der Waals surface area contributed by atoms with Crippen molar-refractivity contribution in [3.63, 3.8) is 0 Å². The third-order valence-electron chi connectivity index (χ3n) is 3.33. The SMILES string of the molecule is CCCCCCCCCCCCCC(=O)NNC(N)=O. The fourth-order valence-corrected chi connectivity index (χ4v) is 2.14. The highest BCUT2D eigenvalue weighted by Crippen LogP contribution is 2.11. The van der Waals surface area contributed by atoms with E-state index in [0.717, 1.165) is 12.8 Å². The van der Waals surface area contributed by atoms with Crippen LogP contribution in [0.25, 0.3) is 0 Å². The molecule has 3 amide bonds. The Kier molecular flexibility index (Phi) is 13.3. The van der Waals surface area contributed by atoms with Gasteiger partial charge in [0.05, 0.1) is 0 Å². The molecule has 0 fully saturated rings. The Morgan fingerprint density at radius 1 is 0.750 bits per heavy atom. The molecular weight excluding hydrogens is 254 g/mol. The summed E-state index contributed by atoms with van der Waals surface area (Å²) < 4.78 is 0. The van der Waals surface area contributed by atoms with Gasteiger partial charge in [-0.15, -0.1) is 0 Å². The number of carbonyl (C=O) groups is 2. The number of hydrogen-bond donors (Lipinski definition) is 3. The zero-order valence-electron chi connectivity index (χ0n) is 12.9. The van der Waals surface area contributed by atoms with Crippen LogP contribution in [-0.4, -0.2) is 11.9 Å². The summed E-state index contributed by atoms with van der Waals surface area (Å²) in [6.45, 7) is 2.24. The molecule has 4 N–H and O–H groups in total. The first-order valence-corrected chi connectivity index (χ1v) is 8.01. The van der Waals surface area contributed by atoms with E-state index in [2.05, 4.69) is 17.8 Å². The third kappa shape index (κ3) is 14.8. The van der Waals surface area contributed by atoms with Crippen LogP contribution in [0.3, 0.4) is 0 Å². The highest BCUT2D eigenvalue weighted by molar-refractivity contribution is 5.80. The number of hydrogen-bond acceptors (Lipinski definition) is 2. The number of primary amides is 1. The van der Waals surface area contributed by atoms with Crippen molar-refractivity contribution in [2.45, 2.75) is 84.0 Å². The second-order valence-electron chi connectivity index (χ2n) is 5.32. The molecule has 20 heavy (non-hydrogen) atoms. The normalized spacial score (nSPS) is 10.2. The van der Waals surface area contributed by atoms with Crippen molar-refractivity contribution in [3.05, 3.63) is 0 Å². The van der Waals surface area contributed by atoms with E-state index < -0.39 is 6.03 Å². The fourth-order valence-electron chi connectivity index (χ4n) is 2.14. The van der Waals surface area contributed by atoms with Crippen LogP contribution in [0, 0.1) is 0 Å². The Labute approximate surface area is 123 Å². The minimum Gasteiger partial charge on any atom is -0.350 e. The molecule has 0 aliphatic rings. The molecule has 0 unspecified atom stereocenters. The predicted molar refractivity (Wildman–Crippen MR) is 81.9 cm³/mol. The largest absolute Gasteiger partial charge is 0.350 e. The fraction of sp³-hybridized carbons (Fsp3) is 0.867. The van der Waals surface area contributed by atoms with Crippen molar-refractivity contribution in [1.82, 2.24) is 10.9 Å². The number of carbonyl (C=O) groups excluding carboxylic acids is 2. The van der Waals surface area contributed by atoms with Crippen molar-refractivity contribution in [2.75, 3.05) is 0 Å². The number of nitrogens with one attached hydrogen (secondary N) is 2.